The molecule has 104 valence electrons. The van der Waals surface area contributed by atoms with Gasteiger partial charge in [-0.1, -0.05) is 6.07 Å². The minimum atomic E-state index is -0.354. The van der Waals surface area contributed by atoms with E-state index in [-0.39, 0.29) is 10.6 Å². The molecular weight excluding hydrogens is 262 g/mol. The average Bonchev–Trinajstić information content (AvgIpc) is 2.92. The van der Waals surface area contributed by atoms with Gasteiger partial charge in [-0.2, -0.15) is 11.8 Å². The Morgan fingerprint density at radius 1 is 1.58 bits per heavy atom. The highest BCUT2D eigenvalue weighted by atomic mass is 32.2. The van der Waals surface area contributed by atoms with Gasteiger partial charge in [0.15, 0.2) is 0 Å². The minimum Gasteiger partial charge on any atom is -0.383 e. The van der Waals surface area contributed by atoms with Crippen LogP contribution in [0.15, 0.2) is 18.2 Å². The number of rotatable bonds is 5. The van der Waals surface area contributed by atoms with Crippen molar-refractivity contribution in [1.29, 1.82) is 0 Å². The first-order valence-corrected chi connectivity index (χ1v) is 7.50. The normalized spacial score (nSPS) is 18.8. The van der Waals surface area contributed by atoms with Crippen molar-refractivity contribution in [3.63, 3.8) is 0 Å². The summed E-state index contributed by atoms with van der Waals surface area (Å²) in [6, 6.07) is 5.92. The van der Waals surface area contributed by atoms with E-state index in [4.69, 9.17) is 0 Å². The van der Waals surface area contributed by atoms with Gasteiger partial charge in [-0.25, -0.2) is 0 Å². The lowest BCUT2D eigenvalue weighted by Crippen LogP contribution is -2.30. The lowest BCUT2D eigenvalue weighted by atomic mass is 10.1. The third kappa shape index (κ3) is 3.39. The van der Waals surface area contributed by atoms with Crippen LogP contribution in [-0.4, -0.2) is 41.5 Å². The number of hydrogen-bond donors (Lipinski definition) is 1. The topological polar surface area (TPSA) is 58.4 Å². The Kier molecular flexibility index (Phi) is 4.66. The Balaban J connectivity index is 2.10. The number of nitrogens with one attached hydrogen (secondary N) is 1. The summed E-state index contributed by atoms with van der Waals surface area (Å²) in [5.74, 6) is 2.42. The molecule has 1 N–H and O–H groups in total. The first-order valence-electron chi connectivity index (χ1n) is 6.35. The van der Waals surface area contributed by atoms with Gasteiger partial charge in [-0.3, -0.25) is 15.0 Å². The van der Waals surface area contributed by atoms with Crippen molar-refractivity contribution in [1.82, 2.24) is 4.90 Å². The van der Waals surface area contributed by atoms with Gasteiger partial charge < -0.3 is 5.32 Å². The van der Waals surface area contributed by atoms with Crippen molar-refractivity contribution < 1.29 is 4.92 Å². The molecule has 0 radical (unpaired) electrons. The number of nitrogens with zero attached hydrogens (tertiary/aromatic N) is 2. The van der Waals surface area contributed by atoms with E-state index < -0.39 is 0 Å². The van der Waals surface area contributed by atoms with Gasteiger partial charge in [0.1, 0.15) is 5.69 Å². The van der Waals surface area contributed by atoms with Crippen LogP contribution >= 0.6 is 11.8 Å². The maximum Gasteiger partial charge on any atom is 0.292 e. The van der Waals surface area contributed by atoms with Crippen LogP contribution in [-0.2, 0) is 6.54 Å². The number of anilines is 1. The fraction of sp³-hybridized carbons (Fsp3) is 0.538. The number of benzene rings is 1. The molecule has 1 heterocycles. The molecule has 0 aliphatic carbocycles. The number of hydrogen-bond acceptors (Lipinski definition) is 5. The van der Waals surface area contributed by atoms with Gasteiger partial charge in [0.2, 0.25) is 0 Å². The molecule has 0 bridgehead atoms. The summed E-state index contributed by atoms with van der Waals surface area (Å²) < 4.78 is 0. The van der Waals surface area contributed by atoms with E-state index in [1.54, 1.807) is 13.1 Å². The van der Waals surface area contributed by atoms with Gasteiger partial charge in [-0.15, -0.1) is 0 Å². The van der Waals surface area contributed by atoms with Crippen LogP contribution in [0.1, 0.15) is 12.0 Å². The Morgan fingerprint density at radius 3 is 2.95 bits per heavy atom. The second-order valence-electron chi connectivity index (χ2n) is 4.79. The van der Waals surface area contributed by atoms with Crippen molar-refractivity contribution in [2.75, 3.05) is 30.9 Å². The van der Waals surface area contributed by atoms with E-state index in [1.165, 1.54) is 17.9 Å². The van der Waals surface area contributed by atoms with Crippen LogP contribution in [0.5, 0.6) is 0 Å². The van der Waals surface area contributed by atoms with Crippen LogP contribution in [0, 0.1) is 10.1 Å². The van der Waals surface area contributed by atoms with Gasteiger partial charge >= 0.3 is 0 Å². The van der Waals surface area contributed by atoms with Crippen molar-refractivity contribution in [2.45, 2.75) is 19.0 Å². The second-order valence-corrected chi connectivity index (χ2v) is 5.94. The molecule has 0 spiro atoms. The maximum absolute atomic E-state index is 10.9. The van der Waals surface area contributed by atoms with Crippen LogP contribution in [0.2, 0.25) is 0 Å². The molecule has 1 fully saturated rings. The molecule has 1 aromatic carbocycles. The largest absolute Gasteiger partial charge is 0.383 e. The van der Waals surface area contributed by atoms with Crippen molar-refractivity contribution in [2.24, 2.45) is 0 Å². The summed E-state index contributed by atoms with van der Waals surface area (Å²) in [7, 11) is 3.83. The molecule has 0 amide bonds. The van der Waals surface area contributed by atoms with Crippen molar-refractivity contribution >= 4 is 23.1 Å². The Morgan fingerprint density at radius 2 is 2.37 bits per heavy atom. The molecule has 2 rings (SSSR count). The smallest absolute Gasteiger partial charge is 0.292 e. The fourth-order valence-corrected chi connectivity index (χ4v) is 3.63. The van der Waals surface area contributed by atoms with E-state index >= 15 is 0 Å². The third-order valence-electron chi connectivity index (χ3n) is 3.49. The predicted molar refractivity (Wildman–Crippen MR) is 79.8 cm³/mol. The summed E-state index contributed by atoms with van der Waals surface area (Å²) in [5, 5.41) is 13.8. The van der Waals surface area contributed by atoms with E-state index in [9.17, 15) is 10.1 Å². The Hall–Kier alpha value is -1.27. The third-order valence-corrected chi connectivity index (χ3v) is 4.63. The molecule has 1 saturated heterocycles. The van der Waals surface area contributed by atoms with Gasteiger partial charge in [0, 0.05) is 31.5 Å². The van der Waals surface area contributed by atoms with Gasteiger partial charge in [0.25, 0.3) is 5.69 Å². The molecule has 1 aliphatic heterocycles. The number of nitro groups is 1. The first-order chi connectivity index (χ1) is 9.11. The standard InChI is InChI=1S/C13H19N3O2S/c1-14-12-7-10(3-4-13(12)16(17)18)8-15(2)11-5-6-19-9-11/h3-4,7,11,14H,5-6,8-9H2,1-2H3. The molecule has 6 heteroatoms. The molecule has 19 heavy (non-hydrogen) atoms. The molecule has 5 nitrogen and oxygen atoms in total. The molecule has 1 aliphatic rings. The SMILES string of the molecule is CNc1cc(CN(C)C2CCSC2)ccc1[N+](=O)[O-]. The second kappa shape index (κ2) is 6.25. The van der Waals surface area contributed by atoms with Crippen LogP contribution in [0.25, 0.3) is 0 Å². The highest BCUT2D eigenvalue weighted by Gasteiger charge is 2.20. The zero-order valence-corrected chi connectivity index (χ0v) is 12.1. The summed E-state index contributed by atoms with van der Waals surface area (Å²) in [6.45, 7) is 0.831. The molecule has 0 saturated carbocycles. The fourth-order valence-electron chi connectivity index (χ4n) is 2.33. The van der Waals surface area contributed by atoms with E-state index in [1.807, 2.05) is 23.9 Å². The monoisotopic (exact) mass is 281 g/mol. The van der Waals surface area contributed by atoms with Crippen molar-refractivity contribution in [3.05, 3.63) is 33.9 Å². The average molecular weight is 281 g/mol. The Bertz CT molecular complexity index is 461. The first kappa shape index (κ1) is 14.1. The molecule has 0 aromatic heterocycles. The molecule has 1 unspecified atom stereocenters. The molecular formula is C13H19N3O2S. The predicted octanol–water partition coefficient (Wildman–Crippen LogP) is 2.57. The molecule has 1 atom stereocenters. The molecule has 1 aromatic rings. The van der Waals surface area contributed by atoms with Crippen LogP contribution in [0.3, 0.4) is 0 Å². The number of nitro benzene ring substituents is 1. The van der Waals surface area contributed by atoms with E-state index in [0.717, 1.165) is 12.1 Å². The zero-order valence-electron chi connectivity index (χ0n) is 11.3. The maximum atomic E-state index is 10.9. The van der Waals surface area contributed by atoms with E-state index in [2.05, 4.69) is 17.3 Å². The van der Waals surface area contributed by atoms with Crippen LogP contribution < -0.4 is 5.32 Å². The lowest BCUT2D eigenvalue weighted by Gasteiger charge is -2.23. The summed E-state index contributed by atoms with van der Waals surface area (Å²) in [6.07, 6.45) is 1.23. The quantitative estimate of drug-likeness (QED) is 0.664. The summed E-state index contributed by atoms with van der Waals surface area (Å²) >= 11 is 1.99. The van der Waals surface area contributed by atoms with Crippen LogP contribution in [0.4, 0.5) is 11.4 Å². The lowest BCUT2D eigenvalue weighted by molar-refractivity contribution is -0.384. The van der Waals surface area contributed by atoms with Gasteiger partial charge in [-0.05, 0) is 30.9 Å². The highest BCUT2D eigenvalue weighted by Crippen LogP contribution is 2.27. The Labute approximate surface area is 117 Å². The van der Waals surface area contributed by atoms with Crippen molar-refractivity contribution in [3.8, 4) is 0 Å². The highest BCUT2D eigenvalue weighted by molar-refractivity contribution is 7.99. The minimum absolute atomic E-state index is 0.130. The number of thioether (sulfide) groups is 1. The van der Waals surface area contributed by atoms with E-state index in [0.29, 0.717) is 11.7 Å². The summed E-state index contributed by atoms with van der Waals surface area (Å²) in [5.41, 5.74) is 1.82. The summed E-state index contributed by atoms with van der Waals surface area (Å²) in [4.78, 5) is 12.9. The van der Waals surface area contributed by atoms with Gasteiger partial charge in [0.05, 0.1) is 4.92 Å². The zero-order chi connectivity index (χ0) is 13.8.